The average Bonchev–Trinajstić information content (AvgIpc) is 2.80. The summed E-state index contributed by atoms with van der Waals surface area (Å²) in [6.45, 7) is 3.77. The molecule has 0 unspecified atom stereocenters. The molecule has 0 aliphatic carbocycles. The van der Waals surface area contributed by atoms with Crippen molar-refractivity contribution in [1.82, 2.24) is 10.2 Å². The number of rotatable bonds is 5. The van der Waals surface area contributed by atoms with Gasteiger partial charge in [0.25, 0.3) is 0 Å². The maximum Gasteiger partial charge on any atom is 0.329 e. The lowest BCUT2D eigenvalue weighted by Crippen LogP contribution is -2.47. The quantitative estimate of drug-likeness (QED) is 0.658. The first-order chi connectivity index (χ1) is 15.8. The van der Waals surface area contributed by atoms with Crippen LogP contribution in [0, 0.1) is 5.92 Å². The van der Waals surface area contributed by atoms with Crippen molar-refractivity contribution in [1.29, 1.82) is 0 Å². The van der Waals surface area contributed by atoms with Gasteiger partial charge < -0.3 is 20.1 Å². The molecule has 0 bridgehead atoms. The van der Waals surface area contributed by atoms with Crippen LogP contribution in [-0.2, 0) is 25.5 Å². The van der Waals surface area contributed by atoms with E-state index in [0.29, 0.717) is 51.4 Å². The summed E-state index contributed by atoms with van der Waals surface area (Å²) in [7, 11) is 1.68. The Labute approximate surface area is 197 Å². The minimum absolute atomic E-state index is 0.100. The van der Waals surface area contributed by atoms with Gasteiger partial charge in [-0.2, -0.15) is 0 Å². The molecule has 1 aromatic rings. The van der Waals surface area contributed by atoms with E-state index in [2.05, 4.69) is 5.32 Å². The summed E-state index contributed by atoms with van der Waals surface area (Å²) in [5.74, 6) is -0.877. The van der Waals surface area contributed by atoms with E-state index in [1.165, 1.54) is 0 Å². The number of aliphatic hydroxyl groups is 1. The van der Waals surface area contributed by atoms with Gasteiger partial charge in [-0.15, -0.1) is 0 Å². The second-order valence-corrected chi connectivity index (χ2v) is 9.17. The maximum atomic E-state index is 13.3. The second kappa shape index (κ2) is 14.0. The van der Waals surface area contributed by atoms with Gasteiger partial charge in [-0.25, -0.2) is 4.79 Å². The number of carbonyl (C=O) groups is 3. The molecule has 2 N–H and O–H groups in total. The van der Waals surface area contributed by atoms with Crippen LogP contribution in [0.4, 0.5) is 0 Å². The molecule has 1 saturated heterocycles. The highest BCUT2D eigenvalue weighted by Gasteiger charge is 2.32. The third kappa shape index (κ3) is 8.80. The standard InChI is InChI=1S/C26H40N2O5/c1-4-10-22-15-9-16-24(30)27-21(18-29)14-8-11-19(2)25(31)28(3)23(26(32)33-22)17-20-12-6-5-7-13-20/h5-7,12-13,19,21-23,29H,4,8-11,14-18H2,1-3H3,(H,27,30)/t19-,21+,22-,23-/m0/s1. The van der Waals surface area contributed by atoms with Crippen LogP contribution >= 0.6 is 0 Å². The lowest BCUT2D eigenvalue weighted by Gasteiger charge is -2.31. The summed E-state index contributed by atoms with van der Waals surface area (Å²) in [6.07, 6.45) is 5.08. The molecular formula is C26H40N2O5. The van der Waals surface area contributed by atoms with Crippen molar-refractivity contribution in [2.75, 3.05) is 13.7 Å². The molecule has 0 saturated carbocycles. The smallest absolute Gasteiger partial charge is 0.329 e. The normalized spacial score (nSPS) is 26.5. The third-order valence-electron chi connectivity index (χ3n) is 6.38. The molecule has 184 valence electrons. The van der Waals surface area contributed by atoms with Crippen LogP contribution in [0.1, 0.15) is 70.8 Å². The van der Waals surface area contributed by atoms with Gasteiger partial charge in [0.1, 0.15) is 12.1 Å². The lowest BCUT2D eigenvalue weighted by molar-refractivity contribution is -0.160. The van der Waals surface area contributed by atoms with E-state index in [0.717, 1.165) is 12.0 Å². The molecule has 33 heavy (non-hydrogen) atoms. The first kappa shape index (κ1) is 26.8. The van der Waals surface area contributed by atoms with Gasteiger partial charge in [0.15, 0.2) is 0 Å². The van der Waals surface area contributed by atoms with E-state index in [4.69, 9.17) is 4.74 Å². The number of cyclic esters (lactones) is 1. The predicted octanol–water partition coefficient (Wildman–Crippen LogP) is 3.24. The molecule has 1 fully saturated rings. The van der Waals surface area contributed by atoms with Gasteiger partial charge in [-0.3, -0.25) is 9.59 Å². The number of benzene rings is 1. The Hall–Kier alpha value is -2.41. The summed E-state index contributed by atoms with van der Waals surface area (Å²) in [5, 5.41) is 12.5. The highest BCUT2D eigenvalue weighted by atomic mass is 16.5. The summed E-state index contributed by atoms with van der Waals surface area (Å²) < 4.78 is 5.90. The lowest BCUT2D eigenvalue weighted by atomic mass is 9.98. The number of amides is 2. The van der Waals surface area contributed by atoms with Crippen LogP contribution in [0.5, 0.6) is 0 Å². The molecule has 1 aliphatic heterocycles. The van der Waals surface area contributed by atoms with E-state index in [1.54, 1.807) is 11.9 Å². The number of carbonyl (C=O) groups excluding carboxylic acids is 3. The van der Waals surface area contributed by atoms with Crippen molar-refractivity contribution in [2.45, 2.75) is 89.8 Å². The number of esters is 1. The molecule has 1 aliphatic rings. The van der Waals surface area contributed by atoms with Gasteiger partial charge in [-0.05, 0) is 37.7 Å². The van der Waals surface area contributed by atoms with Crippen LogP contribution in [0.15, 0.2) is 30.3 Å². The number of likely N-dealkylation sites (N-methyl/N-ethyl adjacent to an activating group) is 1. The fourth-order valence-corrected chi connectivity index (χ4v) is 4.34. The van der Waals surface area contributed by atoms with E-state index in [9.17, 15) is 19.5 Å². The number of nitrogens with zero attached hydrogens (tertiary/aromatic N) is 1. The average molecular weight is 461 g/mol. The Morgan fingerprint density at radius 2 is 1.82 bits per heavy atom. The fraction of sp³-hybridized carbons (Fsp3) is 0.654. The monoisotopic (exact) mass is 460 g/mol. The van der Waals surface area contributed by atoms with Crippen LogP contribution < -0.4 is 5.32 Å². The third-order valence-corrected chi connectivity index (χ3v) is 6.38. The van der Waals surface area contributed by atoms with E-state index in [-0.39, 0.29) is 36.5 Å². The highest BCUT2D eigenvalue weighted by Crippen LogP contribution is 2.20. The summed E-state index contributed by atoms with van der Waals surface area (Å²) in [6, 6.07) is 8.65. The maximum absolute atomic E-state index is 13.3. The van der Waals surface area contributed by atoms with Gasteiger partial charge in [0, 0.05) is 25.8 Å². The number of hydrogen-bond donors (Lipinski definition) is 2. The van der Waals surface area contributed by atoms with Gasteiger partial charge >= 0.3 is 5.97 Å². The van der Waals surface area contributed by atoms with E-state index >= 15 is 0 Å². The number of ether oxygens (including phenoxy) is 1. The summed E-state index contributed by atoms with van der Waals surface area (Å²) in [5.41, 5.74) is 0.968. The Kier molecular flexibility index (Phi) is 11.4. The number of hydrogen-bond acceptors (Lipinski definition) is 5. The summed E-state index contributed by atoms with van der Waals surface area (Å²) >= 11 is 0. The van der Waals surface area contributed by atoms with Crippen LogP contribution in [0.3, 0.4) is 0 Å². The first-order valence-corrected chi connectivity index (χ1v) is 12.3. The van der Waals surface area contributed by atoms with Gasteiger partial charge in [0.05, 0.1) is 12.6 Å². The van der Waals surface area contributed by atoms with Crippen molar-refractivity contribution >= 4 is 17.8 Å². The minimum atomic E-state index is -0.705. The SMILES string of the molecule is CCC[C@H]1CCCC(=O)N[C@@H](CO)CCC[C@H](C)C(=O)N(C)[C@@H](Cc2ccccc2)C(=O)O1. The molecule has 0 spiro atoms. The van der Waals surface area contributed by atoms with Crippen molar-refractivity contribution in [3.05, 3.63) is 35.9 Å². The number of aliphatic hydroxyl groups excluding tert-OH is 1. The Bertz CT molecular complexity index is 754. The zero-order valence-electron chi connectivity index (χ0n) is 20.3. The zero-order valence-corrected chi connectivity index (χ0v) is 20.3. The van der Waals surface area contributed by atoms with Crippen molar-refractivity contribution < 1.29 is 24.2 Å². The van der Waals surface area contributed by atoms with Crippen molar-refractivity contribution in [2.24, 2.45) is 5.92 Å². The Balaban J connectivity index is 2.25. The molecule has 1 aromatic carbocycles. The molecule has 0 radical (unpaired) electrons. The fourth-order valence-electron chi connectivity index (χ4n) is 4.34. The molecule has 7 heteroatoms. The second-order valence-electron chi connectivity index (χ2n) is 9.17. The van der Waals surface area contributed by atoms with Gasteiger partial charge in [-0.1, -0.05) is 57.0 Å². The van der Waals surface area contributed by atoms with Crippen molar-refractivity contribution in [3.63, 3.8) is 0 Å². The summed E-state index contributed by atoms with van der Waals surface area (Å²) in [4.78, 5) is 40.3. The highest BCUT2D eigenvalue weighted by molar-refractivity contribution is 5.85. The van der Waals surface area contributed by atoms with E-state index < -0.39 is 12.0 Å². The molecule has 2 rings (SSSR count). The first-order valence-electron chi connectivity index (χ1n) is 12.3. The zero-order chi connectivity index (χ0) is 24.2. The molecule has 7 nitrogen and oxygen atoms in total. The molecular weight excluding hydrogens is 420 g/mol. The Morgan fingerprint density at radius 3 is 2.48 bits per heavy atom. The van der Waals surface area contributed by atoms with E-state index in [1.807, 2.05) is 44.2 Å². The topological polar surface area (TPSA) is 95.9 Å². The van der Waals surface area contributed by atoms with Crippen LogP contribution in [0.25, 0.3) is 0 Å². The largest absolute Gasteiger partial charge is 0.461 e. The molecule has 4 atom stereocenters. The minimum Gasteiger partial charge on any atom is -0.461 e. The van der Waals surface area contributed by atoms with Crippen LogP contribution in [-0.4, -0.2) is 59.6 Å². The Morgan fingerprint density at radius 1 is 1.09 bits per heavy atom. The number of nitrogens with one attached hydrogen (secondary N) is 1. The molecule has 0 aromatic heterocycles. The van der Waals surface area contributed by atoms with Crippen molar-refractivity contribution in [3.8, 4) is 0 Å². The molecule has 2 amide bonds. The predicted molar refractivity (Wildman–Crippen MR) is 127 cm³/mol. The molecule has 1 heterocycles. The van der Waals surface area contributed by atoms with Crippen LogP contribution in [0.2, 0.25) is 0 Å². The van der Waals surface area contributed by atoms with Gasteiger partial charge in [0.2, 0.25) is 11.8 Å².